The molecule has 19 heavy (non-hydrogen) atoms. The Hall–Kier alpha value is -1.16. The highest BCUT2D eigenvalue weighted by Crippen LogP contribution is 2.30. The fraction of sp³-hybridized carbons (Fsp3) is 0.733. The fourth-order valence-electron chi connectivity index (χ4n) is 2.54. The van der Waals surface area contributed by atoms with Crippen molar-refractivity contribution in [1.82, 2.24) is 15.5 Å². The summed E-state index contributed by atoms with van der Waals surface area (Å²) < 4.78 is 0. The highest BCUT2D eigenvalue weighted by Gasteiger charge is 2.27. The molecule has 1 fully saturated rings. The summed E-state index contributed by atoms with van der Waals surface area (Å²) in [5, 5.41) is 12.1. The molecule has 0 spiro atoms. The summed E-state index contributed by atoms with van der Waals surface area (Å²) in [4.78, 5) is 2.36. The number of hydrogen-bond acceptors (Lipinski definition) is 4. The largest absolute Gasteiger partial charge is 0.355 e. The van der Waals surface area contributed by atoms with Gasteiger partial charge in [-0.25, -0.2) is 0 Å². The number of nitrogens with zero attached hydrogens (tertiary/aromatic N) is 3. The van der Waals surface area contributed by atoms with Crippen molar-refractivity contribution in [3.63, 3.8) is 0 Å². The first-order chi connectivity index (χ1) is 8.96. The summed E-state index contributed by atoms with van der Waals surface area (Å²) in [6.45, 7) is 11.9. The lowest BCUT2D eigenvalue weighted by molar-refractivity contribution is 0.291. The van der Waals surface area contributed by atoms with Crippen LogP contribution >= 0.6 is 0 Å². The summed E-state index contributed by atoms with van der Waals surface area (Å²) in [5.74, 6) is 1.01. The van der Waals surface area contributed by atoms with Crippen molar-refractivity contribution in [3.05, 3.63) is 17.8 Å². The molecule has 1 aromatic heterocycles. The third kappa shape index (κ3) is 4.16. The van der Waals surface area contributed by atoms with E-state index >= 15 is 0 Å². The molecule has 1 saturated heterocycles. The molecule has 1 aliphatic heterocycles. The van der Waals surface area contributed by atoms with Crippen LogP contribution in [0.2, 0.25) is 0 Å². The van der Waals surface area contributed by atoms with Gasteiger partial charge < -0.3 is 10.2 Å². The third-order valence-electron chi connectivity index (χ3n) is 3.62. The van der Waals surface area contributed by atoms with Crippen LogP contribution in [0.4, 0.5) is 5.82 Å². The lowest BCUT2D eigenvalue weighted by Gasteiger charge is -2.38. The SMILES string of the molecule is CC(C)NCc1ccc(N2CCCC(C)(C)C2)nn1. The number of anilines is 1. The maximum Gasteiger partial charge on any atom is 0.151 e. The minimum Gasteiger partial charge on any atom is -0.355 e. The topological polar surface area (TPSA) is 41.0 Å². The predicted octanol–water partition coefficient (Wildman–Crippen LogP) is 2.60. The Balaban J connectivity index is 1.98. The third-order valence-corrected chi connectivity index (χ3v) is 3.62. The summed E-state index contributed by atoms with van der Waals surface area (Å²) in [7, 11) is 0. The van der Waals surface area contributed by atoms with Gasteiger partial charge in [-0.05, 0) is 30.4 Å². The van der Waals surface area contributed by atoms with E-state index in [2.05, 4.69) is 60.2 Å². The second-order valence-corrected chi connectivity index (χ2v) is 6.61. The van der Waals surface area contributed by atoms with Gasteiger partial charge in [0.15, 0.2) is 5.82 Å². The lowest BCUT2D eigenvalue weighted by atomic mass is 9.84. The van der Waals surface area contributed by atoms with E-state index < -0.39 is 0 Å². The minimum atomic E-state index is 0.387. The van der Waals surface area contributed by atoms with Gasteiger partial charge in [0.25, 0.3) is 0 Å². The zero-order valence-corrected chi connectivity index (χ0v) is 12.6. The van der Waals surface area contributed by atoms with Crippen molar-refractivity contribution in [3.8, 4) is 0 Å². The summed E-state index contributed by atoms with van der Waals surface area (Å²) in [6, 6.07) is 4.66. The highest BCUT2D eigenvalue weighted by atomic mass is 15.3. The quantitative estimate of drug-likeness (QED) is 0.905. The minimum absolute atomic E-state index is 0.387. The van der Waals surface area contributed by atoms with Crippen LogP contribution in [0.3, 0.4) is 0 Å². The van der Waals surface area contributed by atoms with Crippen molar-refractivity contribution in [2.75, 3.05) is 18.0 Å². The molecule has 1 aromatic rings. The molecule has 0 atom stereocenters. The second kappa shape index (κ2) is 5.87. The van der Waals surface area contributed by atoms with Gasteiger partial charge in [0, 0.05) is 25.7 Å². The fourth-order valence-corrected chi connectivity index (χ4v) is 2.54. The molecular weight excluding hydrogens is 236 g/mol. The molecule has 106 valence electrons. The number of hydrogen-bond donors (Lipinski definition) is 1. The van der Waals surface area contributed by atoms with Gasteiger partial charge in [-0.15, -0.1) is 5.10 Å². The Kier molecular flexibility index (Phi) is 4.40. The molecule has 4 nitrogen and oxygen atoms in total. The van der Waals surface area contributed by atoms with Crippen molar-refractivity contribution < 1.29 is 0 Å². The maximum atomic E-state index is 4.38. The first-order valence-corrected chi connectivity index (χ1v) is 7.27. The van der Waals surface area contributed by atoms with Gasteiger partial charge in [0.2, 0.25) is 0 Å². The van der Waals surface area contributed by atoms with Crippen LogP contribution in [-0.2, 0) is 6.54 Å². The van der Waals surface area contributed by atoms with Gasteiger partial charge in [-0.1, -0.05) is 27.7 Å². The van der Waals surface area contributed by atoms with E-state index in [9.17, 15) is 0 Å². The van der Waals surface area contributed by atoms with E-state index in [1.54, 1.807) is 0 Å². The predicted molar refractivity (Wildman–Crippen MR) is 79.2 cm³/mol. The Bertz CT molecular complexity index is 397. The van der Waals surface area contributed by atoms with E-state index in [0.717, 1.165) is 31.1 Å². The van der Waals surface area contributed by atoms with Crippen LogP contribution in [-0.4, -0.2) is 29.3 Å². The van der Waals surface area contributed by atoms with Crippen LogP contribution < -0.4 is 10.2 Å². The molecule has 4 heteroatoms. The Morgan fingerprint density at radius 2 is 2.11 bits per heavy atom. The van der Waals surface area contributed by atoms with Gasteiger partial charge >= 0.3 is 0 Å². The van der Waals surface area contributed by atoms with Crippen LogP contribution in [0.5, 0.6) is 0 Å². The first kappa shape index (κ1) is 14.3. The van der Waals surface area contributed by atoms with Crippen LogP contribution in [0.25, 0.3) is 0 Å². The lowest BCUT2D eigenvalue weighted by Crippen LogP contribution is -2.40. The average Bonchev–Trinajstić information content (AvgIpc) is 2.36. The second-order valence-electron chi connectivity index (χ2n) is 6.61. The Labute approximate surface area is 116 Å². The van der Waals surface area contributed by atoms with Crippen molar-refractivity contribution in [2.24, 2.45) is 5.41 Å². The summed E-state index contributed by atoms with van der Waals surface area (Å²) in [6.07, 6.45) is 2.54. The molecule has 0 saturated carbocycles. The maximum absolute atomic E-state index is 4.38. The monoisotopic (exact) mass is 262 g/mol. The van der Waals surface area contributed by atoms with E-state index in [1.807, 2.05) is 0 Å². The number of rotatable bonds is 4. The average molecular weight is 262 g/mol. The summed E-state index contributed by atoms with van der Waals surface area (Å²) >= 11 is 0. The molecule has 0 amide bonds. The van der Waals surface area contributed by atoms with Crippen LogP contribution in [0, 0.1) is 5.41 Å². The molecule has 1 N–H and O–H groups in total. The zero-order chi connectivity index (χ0) is 13.9. The van der Waals surface area contributed by atoms with E-state index in [1.165, 1.54) is 12.8 Å². The van der Waals surface area contributed by atoms with E-state index in [4.69, 9.17) is 0 Å². The van der Waals surface area contributed by atoms with E-state index in [-0.39, 0.29) is 0 Å². The molecule has 1 aliphatic rings. The number of piperidine rings is 1. The first-order valence-electron chi connectivity index (χ1n) is 7.27. The van der Waals surface area contributed by atoms with Gasteiger partial charge in [-0.3, -0.25) is 0 Å². The molecule has 0 bridgehead atoms. The molecule has 0 aliphatic carbocycles. The van der Waals surface area contributed by atoms with Crippen molar-refractivity contribution in [1.29, 1.82) is 0 Å². The Morgan fingerprint density at radius 3 is 2.68 bits per heavy atom. The summed E-state index contributed by atoms with van der Waals surface area (Å²) in [5.41, 5.74) is 1.39. The molecule has 0 radical (unpaired) electrons. The van der Waals surface area contributed by atoms with Crippen LogP contribution in [0.15, 0.2) is 12.1 Å². The van der Waals surface area contributed by atoms with Gasteiger partial charge in [0.05, 0.1) is 5.69 Å². The molecule has 2 heterocycles. The number of aromatic nitrogens is 2. The standard InChI is InChI=1S/C15H26N4/c1-12(2)16-10-13-6-7-14(18-17-13)19-9-5-8-15(3,4)11-19/h6-7,12,16H,5,8-11H2,1-4H3. The van der Waals surface area contributed by atoms with Gasteiger partial charge in [-0.2, -0.15) is 5.10 Å². The molecular formula is C15H26N4. The molecule has 0 unspecified atom stereocenters. The zero-order valence-electron chi connectivity index (χ0n) is 12.6. The smallest absolute Gasteiger partial charge is 0.151 e. The normalized spacial score (nSPS) is 18.9. The molecule has 0 aromatic carbocycles. The molecule has 2 rings (SSSR count). The van der Waals surface area contributed by atoms with E-state index in [0.29, 0.717) is 11.5 Å². The Morgan fingerprint density at radius 1 is 1.32 bits per heavy atom. The van der Waals surface area contributed by atoms with Crippen LogP contribution in [0.1, 0.15) is 46.2 Å². The van der Waals surface area contributed by atoms with Gasteiger partial charge in [0.1, 0.15) is 0 Å². The number of nitrogens with one attached hydrogen (secondary N) is 1. The van der Waals surface area contributed by atoms with Crippen molar-refractivity contribution in [2.45, 2.75) is 53.1 Å². The highest BCUT2D eigenvalue weighted by molar-refractivity contribution is 5.38. The van der Waals surface area contributed by atoms with Crippen molar-refractivity contribution >= 4 is 5.82 Å².